The van der Waals surface area contributed by atoms with E-state index in [0.717, 1.165) is 7.11 Å². The van der Waals surface area contributed by atoms with Crippen molar-refractivity contribution in [1.29, 1.82) is 0 Å². The van der Waals surface area contributed by atoms with Gasteiger partial charge in [-0.15, -0.1) is 0 Å². The Balaban J connectivity index is 2.93. The smallest absolute Gasteiger partial charge is 0.408 e. The van der Waals surface area contributed by atoms with Crippen molar-refractivity contribution in [2.75, 3.05) is 12.8 Å². The summed E-state index contributed by atoms with van der Waals surface area (Å²) in [5.41, 5.74) is 5.73. The first kappa shape index (κ1) is 17.8. The molecule has 0 aliphatic rings. The van der Waals surface area contributed by atoms with Crippen LogP contribution in [0.3, 0.4) is 0 Å². The lowest BCUT2D eigenvalue weighted by Gasteiger charge is -2.25. The first-order valence-electron chi connectivity index (χ1n) is 6.75. The first-order chi connectivity index (χ1) is 10.1. The number of methoxy groups -OCH3 is 1. The van der Waals surface area contributed by atoms with Crippen LogP contribution in [-0.2, 0) is 14.3 Å². The van der Waals surface area contributed by atoms with E-state index in [1.165, 1.54) is 6.07 Å². The molecule has 7 nitrogen and oxygen atoms in total. The minimum atomic E-state index is -1.32. The highest BCUT2D eigenvalue weighted by Gasteiger charge is 2.32. The normalized spacial score (nSPS) is 13.9. The van der Waals surface area contributed by atoms with Gasteiger partial charge in [-0.1, -0.05) is 12.1 Å². The molecular formula is C15H22N2O5. The number of aliphatic hydroxyl groups excluding tert-OH is 1. The van der Waals surface area contributed by atoms with Crippen LogP contribution in [0, 0.1) is 0 Å². The van der Waals surface area contributed by atoms with Crippen molar-refractivity contribution in [2.24, 2.45) is 0 Å². The molecule has 0 aromatic heterocycles. The molecule has 0 saturated carbocycles. The lowest BCUT2D eigenvalue weighted by molar-refractivity contribution is -0.146. The Labute approximate surface area is 129 Å². The number of carbonyl (C=O) groups is 2. The van der Waals surface area contributed by atoms with Crippen molar-refractivity contribution in [3.05, 3.63) is 29.8 Å². The SMILES string of the molecule is COC(=O)C(NC(=O)OC(C)(C)C)C(O)c1cccc(N)c1. The Bertz CT molecular complexity index is 539. The number of carbonyl (C=O) groups excluding carboxylic acids is 2. The molecule has 7 heteroatoms. The van der Waals surface area contributed by atoms with Gasteiger partial charge in [0.1, 0.15) is 11.7 Å². The minimum absolute atomic E-state index is 0.381. The van der Waals surface area contributed by atoms with Gasteiger partial charge in [0, 0.05) is 5.69 Å². The number of ether oxygens (including phenoxy) is 2. The van der Waals surface area contributed by atoms with Gasteiger partial charge >= 0.3 is 12.1 Å². The molecule has 0 spiro atoms. The number of aliphatic hydroxyl groups is 1. The van der Waals surface area contributed by atoms with E-state index >= 15 is 0 Å². The third-order valence-electron chi connectivity index (χ3n) is 2.70. The van der Waals surface area contributed by atoms with Crippen LogP contribution in [0.2, 0.25) is 0 Å². The maximum absolute atomic E-state index is 11.8. The molecule has 1 rings (SSSR count). The number of alkyl carbamates (subject to hydrolysis) is 1. The Morgan fingerprint density at radius 1 is 1.32 bits per heavy atom. The second kappa shape index (κ2) is 7.13. The van der Waals surface area contributed by atoms with Crippen molar-refractivity contribution in [3.8, 4) is 0 Å². The van der Waals surface area contributed by atoms with Crippen molar-refractivity contribution in [2.45, 2.75) is 38.5 Å². The maximum Gasteiger partial charge on any atom is 0.408 e. The molecule has 122 valence electrons. The summed E-state index contributed by atoms with van der Waals surface area (Å²) in [6.45, 7) is 5.07. The lowest BCUT2D eigenvalue weighted by Crippen LogP contribution is -2.47. The predicted octanol–water partition coefficient (Wildman–Crippen LogP) is 1.37. The van der Waals surface area contributed by atoms with Crippen LogP contribution < -0.4 is 11.1 Å². The van der Waals surface area contributed by atoms with E-state index in [9.17, 15) is 14.7 Å². The average Bonchev–Trinajstić information content (AvgIpc) is 2.41. The first-order valence-corrected chi connectivity index (χ1v) is 6.75. The summed E-state index contributed by atoms with van der Waals surface area (Å²) < 4.78 is 9.69. The van der Waals surface area contributed by atoms with Crippen molar-refractivity contribution in [1.82, 2.24) is 5.32 Å². The summed E-state index contributed by atoms with van der Waals surface area (Å²) in [7, 11) is 1.16. The standard InChI is InChI=1S/C15H22N2O5/c1-15(2,3)22-14(20)17-11(13(19)21-4)12(18)9-6-5-7-10(16)8-9/h5-8,11-12,18H,16H2,1-4H3,(H,17,20). The van der Waals surface area contributed by atoms with Crippen LogP contribution in [0.25, 0.3) is 0 Å². The number of nitrogens with one attached hydrogen (secondary N) is 1. The van der Waals surface area contributed by atoms with Gasteiger partial charge in [0.05, 0.1) is 7.11 Å². The molecule has 0 radical (unpaired) electrons. The largest absolute Gasteiger partial charge is 0.467 e. The fourth-order valence-corrected chi connectivity index (χ4v) is 1.76. The molecule has 1 aromatic rings. The topological polar surface area (TPSA) is 111 Å². The van der Waals surface area contributed by atoms with E-state index in [2.05, 4.69) is 10.1 Å². The Hall–Kier alpha value is -2.28. The second-order valence-electron chi connectivity index (χ2n) is 5.76. The Morgan fingerprint density at radius 2 is 1.95 bits per heavy atom. The Kier molecular flexibility index (Phi) is 5.76. The van der Waals surface area contributed by atoms with E-state index in [1.54, 1.807) is 39.0 Å². The molecule has 1 aromatic carbocycles. The summed E-state index contributed by atoms with van der Waals surface area (Å²) in [5, 5.41) is 12.6. The summed E-state index contributed by atoms with van der Waals surface area (Å²) in [6.07, 6.45) is -2.14. The number of hydrogen-bond acceptors (Lipinski definition) is 6. The molecule has 0 aliphatic heterocycles. The van der Waals surface area contributed by atoms with E-state index in [4.69, 9.17) is 10.5 Å². The number of benzene rings is 1. The zero-order valence-corrected chi connectivity index (χ0v) is 13.1. The van der Waals surface area contributed by atoms with Gasteiger partial charge in [-0.05, 0) is 38.5 Å². The molecule has 2 unspecified atom stereocenters. The summed E-state index contributed by atoms with van der Waals surface area (Å²) in [5.74, 6) is -0.791. The second-order valence-corrected chi connectivity index (χ2v) is 5.76. The molecule has 1 amide bonds. The fraction of sp³-hybridized carbons (Fsp3) is 0.467. The number of amides is 1. The van der Waals surface area contributed by atoms with Gasteiger partial charge in [-0.25, -0.2) is 9.59 Å². The lowest BCUT2D eigenvalue weighted by atomic mass is 10.0. The molecule has 0 aliphatic carbocycles. The monoisotopic (exact) mass is 310 g/mol. The number of rotatable bonds is 4. The minimum Gasteiger partial charge on any atom is -0.467 e. The van der Waals surface area contributed by atoms with E-state index < -0.39 is 29.8 Å². The molecule has 4 N–H and O–H groups in total. The predicted molar refractivity (Wildman–Crippen MR) is 81.0 cm³/mol. The number of hydrogen-bond donors (Lipinski definition) is 3. The van der Waals surface area contributed by atoms with Crippen LogP contribution in [-0.4, -0.2) is 35.9 Å². The molecule has 0 bridgehead atoms. The van der Waals surface area contributed by atoms with Gasteiger partial charge in [-0.3, -0.25) is 0 Å². The van der Waals surface area contributed by atoms with Crippen LogP contribution in [0.5, 0.6) is 0 Å². The van der Waals surface area contributed by atoms with Crippen LogP contribution in [0.4, 0.5) is 10.5 Å². The van der Waals surface area contributed by atoms with Crippen LogP contribution in [0.15, 0.2) is 24.3 Å². The molecule has 2 atom stereocenters. The Morgan fingerprint density at radius 3 is 2.45 bits per heavy atom. The highest BCUT2D eigenvalue weighted by atomic mass is 16.6. The van der Waals surface area contributed by atoms with E-state index in [0.29, 0.717) is 11.3 Å². The number of anilines is 1. The molecule has 22 heavy (non-hydrogen) atoms. The summed E-state index contributed by atoms with van der Waals surface area (Å²) in [4.78, 5) is 23.6. The molecular weight excluding hydrogens is 288 g/mol. The number of nitrogen functional groups attached to an aromatic ring is 1. The van der Waals surface area contributed by atoms with Crippen molar-refractivity contribution in [3.63, 3.8) is 0 Å². The van der Waals surface area contributed by atoms with E-state index in [-0.39, 0.29) is 0 Å². The van der Waals surface area contributed by atoms with E-state index in [1.807, 2.05) is 0 Å². The zero-order chi connectivity index (χ0) is 16.9. The van der Waals surface area contributed by atoms with Crippen LogP contribution >= 0.6 is 0 Å². The molecule has 0 fully saturated rings. The number of nitrogens with two attached hydrogens (primary N) is 1. The van der Waals surface area contributed by atoms with Gasteiger partial charge in [0.2, 0.25) is 0 Å². The van der Waals surface area contributed by atoms with Gasteiger partial charge in [0.15, 0.2) is 6.04 Å². The third kappa shape index (κ3) is 5.25. The quantitative estimate of drug-likeness (QED) is 0.572. The zero-order valence-electron chi connectivity index (χ0n) is 13.1. The van der Waals surface area contributed by atoms with Gasteiger partial charge in [0.25, 0.3) is 0 Å². The van der Waals surface area contributed by atoms with Crippen molar-refractivity contribution < 1.29 is 24.2 Å². The number of esters is 1. The highest BCUT2D eigenvalue weighted by Crippen LogP contribution is 2.20. The average molecular weight is 310 g/mol. The molecule has 0 heterocycles. The summed E-state index contributed by atoms with van der Waals surface area (Å²) in [6, 6.07) is 5.08. The maximum atomic E-state index is 11.8. The van der Waals surface area contributed by atoms with Gasteiger partial charge < -0.3 is 25.6 Å². The van der Waals surface area contributed by atoms with Crippen LogP contribution in [0.1, 0.15) is 32.4 Å². The van der Waals surface area contributed by atoms with Gasteiger partial charge in [-0.2, -0.15) is 0 Å². The highest BCUT2D eigenvalue weighted by molar-refractivity contribution is 5.82. The molecule has 0 saturated heterocycles. The fourth-order valence-electron chi connectivity index (χ4n) is 1.76. The van der Waals surface area contributed by atoms with Crippen molar-refractivity contribution >= 4 is 17.7 Å². The third-order valence-corrected chi connectivity index (χ3v) is 2.70. The summed E-state index contributed by atoms with van der Waals surface area (Å²) >= 11 is 0.